The van der Waals surface area contributed by atoms with Gasteiger partial charge in [-0.25, -0.2) is 0 Å². The summed E-state index contributed by atoms with van der Waals surface area (Å²) in [6, 6.07) is 9.80. The van der Waals surface area contributed by atoms with Gasteiger partial charge in [0.1, 0.15) is 12.4 Å². The maximum absolute atomic E-state index is 5.80. The molecular weight excluding hydrogens is 288 g/mol. The van der Waals surface area contributed by atoms with E-state index in [9.17, 15) is 0 Å². The van der Waals surface area contributed by atoms with E-state index in [1.54, 1.807) is 12.3 Å². The molecule has 0 radical (unpaired) electrons. The normalized spacial score (nSPS) is 17.7. The van der Waals surface area contributed by atoms with Crippen LogP contribution in [-0.4, -0.2) is 29.1 Å². The molecule has 1 fully saturated rings. The first kappa shape index (κ1) is 14.1. The van der Waals surface area contributed by atoms with Gasteiger partial charge in [-0.1, -0.05) is 17.7 Å². The van der Waals surface area contributed by atoms with Gasteiger partial charge in [-0.15, -0.1) is 0 Å². The van der Waals surface area contributed by atoms with Crippen molar-refractivity contribution in [2.75, 3.05) is 18.4 Å². The van der Waals surface area contributed by atoms with Crippen molar-refractivity contribution in [1.82, 2.24) is 15.3 Å². The summed E-state index contributed by atoms with van der Waals surface area (Å²) in [6.45, 7) is 2.40. The topological polar surface area (TPSA) is 59.1 Å². The zero-order valence-electron chi connectivity index (χ0n) is 11.6. The molecule has 110 valence electrons. The van der Waals surface area contributed by atoms with E-state index in [0.29, 0.717) is 23.6 Å². The second kappa shape index (κ2) is 6.74. The zero-order chi connectivity index (χ0) is 14.5. The Morgan fingerprint density at radius 1 is 1.33 bits per heavy atom. The Morgan fingerprint density at radius 3 is 3.05 bits per heavy atom. The molecule has 6 heteroatoms. The minimum atomic E-state index is 0.374. The van der Waals surface area contributed by atoms with E-state index >= 15 is 0 Å². The highest BCUT2D eigenvalue weighted by Gasteiger charge is 2.14. The van der Waals surface area contributed by atoms with E-state index in [4.69, 9.17) is 16.3 Å². The molecule has 21 heavy (non-hydrogen) atoms. The molecule has 0 bridgehead atoms. The molecule has 0 unspecified atom stereocenters. The minimum absolute atomic E-state index is 0.374. The van der Waals surface area contributed by atoms with Gasteiger partial charge in [0, 0.05) is 24.8 Å². The van der Waals surface area contributed by atoms with Crippen molar-refractivity contribution < 1.29 is 4.74 Å². The number of halogens is 1. The largest absolute Gasteiger partial charge is 0.471 e. The van der Waals surface area contributed by atoms with E-state index in [2.05, 4.69) is 20.6 Å². The number of aromatic nitrogens is 2. The highest BCUT2D eigenvalue weighted by atomic mass is 35.5. The minimum Gasteiger partial charge on any atom is -0.471 e. The number of hydrogen-bond donors (Lipinski definition) is 2. The fourth-order valence-electron chi connectivity index (χ4n) is 2.20. The SMILES string of the molecule is Clc1ccc(COc2cccc(N[C@@H]3CCNC3)n2)nc1. The van der Waals surface area contributed by atoms with Crippen molar-refractivity contribution >= 4 is 17.4 Å². The van der Waals surface area contributed by atoms with Crippen LogP contribution in [0.2, 0.25) is 5.02 Å². The van der Waals surface area contributed by atoms with Gasteiger partial charge in [0.05, 0.1) is 10.7 Å². The summed E-state index contributed by atoms with van der Waals surface area (Å²) < 4.78 is 5.66. The van der Waals surface area contributed by atoms with Crippen LogP contribution in [0.1, 0.15) is 12.1 Å². The molecule has 3 heterocycles. The molecule has 0 saturated carbocycles. The lowest BCUT2D eigenvalue weighted by atomic mass is 10.2. The van der Waals surface area contributed by atoms with E-state index in [1.165, 1.54) is 0 Å². The lowest BCUT2D eigenvalue weighted by Gasteiger charge is -2.13. The summed E-state index contributed by atoms with van der Waals surface area (Å²) in [5.41, 5.74) is 0.819. The summed E-state index contributed by atoms with van der Waals surface area (Å²) in [5.74, 6) is 1.42. The molecule has 0 spiro atoms. The first-order valence-corrected chi connectivity index (χ1v) is 7.35. The first-order valence-electron chi connectivity index (χ1n) is 6.97. The molecule has 3 rings (SSSR count). The molecule has 0 aromatic carbocycles. The van der Waals surface area contributed by atoms with Gasteiger partial charge in [0.2, 0.25) is 5.88 Å². The molecule has 0 aliphatic carbocycles. The number of pyridine rings is 2. The summed E-state index contributed by atoms with van der Waals surface area (Å²) in [6.07, 6.45) is 2.72. The van der Waals surface area contributed by atoms with Crippen LogP contribution in [0.15, 0.2) is 36.5 Å². The molecule has 1 aliphatic heterocycles. The smallest absolute Gasteiger partial charge is 0.215 e. The molecule has 0 amide bonds. The number of nitrogens with zero attached hydrogens (tertiary/aromatic N) is 2. The third-order valence-electron chi connectivity index (χ3n) is 3.29. The van der Waals surface area contributed by atoms with Crippen molar-refractivity contribution in [3.05, 3.63) is 47.2 Å². The molecule has 5 nitrogen and oxygen atoms in total. The Hall–Kier alpha value is -1.85. The fraction of sp³-hybridized carbons (Fsp3) is 0.333. The fourth-order valence-corrected chi connectivity index (χ4v) is 2.31. The van der Waals surface area contributed by atoms with Gasteiger partial charge in [-0.2, -0.15) is 4.98 Å². The van der Waals surface area contributed by atoms with Crippen LogP contribution in [0.5, 0.6) is 5.88 Å². The maximum Gasteiger partial charge on any atom is 0.215 e. The predicted molar refractivity (Wildman–Crippen MR) is 82.7 cm³/mol. The number of anilines is 1. The Kier molecular flexibility index (Phi) is 4.52. The van der Waals surface area contributed by atoms with Gasteiger partial charge in [0.25, 0.3) is 0 Å². The van der Waals surface area contributed by atoms with Gasteiger partial charge in [0.15, 0.2) is 0 Å². The van der Waals surface area contributed by atoms with Gasteiger partial charge >= 0.3 is 0 Å². The van der Waals surface area contributed by atoms with Crippen LogP contribution in [0, 0.1) is 0 Å². The Balaban J connectivity index is 1.58. The molecule has 1 saturated heterocycles. The van der Waals surface area contributed by atoms with Gasteiger partial charge in [-0.05, 0) is 31.2 Å². The third kappa shape index (κ3) is 4.06. The van der Waals surface area contributed by atoms with Crippen LogP contribution in [0.3, 0.4) is 0 Å². The maximum atomic E-state index is 5.80. The van der Waals surface area contributed by atoms with Crippen LogP contribution in [0.25, 0.3) is 0 Å². The average molecular weight is 305 g/mol. The van der Waals surface area contributed by atoms with Crippen molar-refractivity contribution in [2.45, 2.75) is 19.1 Å². The summed E-state index contributed by atoms with van der Waals surface area (Å²) in [4.78, 5) is 8.64. The molecule has 2 aromatic rings. The van der Waals surface area contributed by atoms with E-state index in [-0.39, 0.29) is 0 Å². The molecule has 2 N–H and O–H groups in total. The van der Waals surface area contributed by atoms with Gasteiger partial charge < -0.3 is 15.4 Å². The van der Waals surface area contributed by atoms with Crippen LogP contribution in [0.4, 0.5) is 5.82 Å². The first-order chi connectivity index (χ1) is 10.3. The lowest BCUT2D eigenvalue weighted by molar-refractivity contribution is 0.289. The predicted octanol–water partition coefficient (Wildman–Crippen LogP) is 2.48. The lowest BCUT2D eigenvalue weighted by Crippen LogP contribution is -2.22. The molecule has 1 atom stereocenters. The number of rotatable bonds is 5. The zero-order valence-corrected chi connectivity index (χ0v) is 12.3. The monoisotopic (exact) mass is 304 g/mol. The van der Waals surface area contributed by atoms with Crippen molar-refractivity contribution in [3.8, 4) is 5.88 Å². The second-order valence-electron chi connectivity index (χ2n) is 4.95. The van der Waals surface area contributed by atoms with Crippen LogP contribution < -0.4 is 15.4 Å². The standard InChI is InChI=1S/C15H17ClN4O/c16-11-4-5-13(18-8-11)10-21-15-3-1-2-14(20-15)19-12-6-7-17-9-12/h1-5,8,12,17H,6-7,9-10H2,(H,19,20)/t12-/m1/s1. The molecular formula is C15H17ClN4O. The number of ether oxygens (including phenoxy) is 1. The number of nitrogens with one attached hydrogen (secondary N) is 2. The van der Waals surface area contributed by atoms with Gasteiger partial charge in [-0.3, -0.25) is 4.98 Å². The number of hydrogen-bond acceptors (Lipinski definition) is 5. The molecule has 1 aliphatic rings. The van der Waals surface area contributed by atoms with Crippen LogP contribution in [-0.2, 0) is 6.61 Å². The third-order valence-corrected chi connectivity index (χ3v) is 3.52. The van der Waals surface area contributed by atoms with Crippen LogP contribution >= 0.6 is 11.6 Å². The van der Waals surface area contributed by atoms with E-state index in [1.807, 2.05) is 24.3 Å². The highest BCUT2D eigenvalue weighted by molar-refractivity contribution is 6.30. The average Bonchev–Trinajstić information content (AvgIpc) is 3.00. The van der Waals surface area contributed by atoms with Crippen molar-refractivity contribution in [2.24, 2.45) is 0 Å². The van der Waals surface area contributed by atoms with Crippen molar-refractivity contribution in [1.29, 1.82) is 0 Å². The van der Waals surface area contributed by atoms with Crippen molar-refractivity contribution in [3.63, 3.8) is 0 Å². The Morgan fingerprint density at radius 2 is 2.29 bits per heavy atom. The Bertz CT molecular complexity index is 584. The van der Waals surface area contributed by atoms with E-state index in [0.717, 1.165) is 31.0 Å². The second-order valence-corrected chi connectivity index (χ2v) is 5.39. The Labute approximate surface area is 128 Å². The highest BCUT2D eigenvalue weighted by Crippen LogP contribution is 2.15. The van der Waals surface area contributed by atoms with E-state index < -0.39 is 0 Å². The molecule has 2 aromatic heterocycles. The quantitative estimate of drug-likeness (QED) is 0.889. The summed E-state index contributed by atoms with van der Waals surface area (Å²) in [7, 11) is 0. The summed E-state index contributed by atoms with van der Waals surface area (Å²) >= 11 is 5.80. The summed E-state index contributed by atoms with van der Waals surface area (Å²) in [5, 5.41) is 7.34.